The molecule has 22 heavy (non-hydrogen) atoms. The summed E-state index contributed by atoms with van der Waals surface area (Å²) < 4.78 is 4.77. The molecule has 1 aromatic rings. The Bertz CT molecular complexity index is 482. The third-order valence-electron chi connectivity index (χ3n) is 3.43. The Hall–Kier alpha value is -1.59. The molecule has 0 saturated carbocycles. The Labute approximate surface area is 138 Å². The smallest absolute Gasteiger partial charge is 0.331 e. The number of ether oxygens (including phenoxy) is 1. The van der Waals surface area contributed by atoms with Crippen LogP contribution < -0.4 is 11.1 Å². The van der Waals surface area contributed by atoms with Crippen LogP contribution >= 0.6 is 12.4 Å². The molecule has 3 N–H and O–H groups in total. The van der Waals surface area contributed by atoms with Crippen molar-refractivity contribution in [1.82, 2.24) is 5.32 Å². The highest BCUT2D eigenvalue weighted by molar-refractivity contribution is 5.87. The van der Waals surface area contributed by atoms with Crippen molar-refractivity contribution in [3.05, 3.63) is 35.9 Å². The predicted octanol–water partition coefficient (Wildman–Crippen LogP) is 2.35. The molecular formula is C16H25ClN2O3. The van der Waals surface area contributed by atoms with E-state index in [-0.39, 0.29) is 24.7 Å². The van der Waals surface area contributed by atoms with Gasteiger partial charge in [-0.15, -0.1) is 12.4 Å². The van der Waals surface area contributed by atoms with E-state index in [1.165, 1.54) is 7.11 Å². The van der Waals surface area contributed by atoms with E-state index >= 15 is 0 Å². The second-order valence-corrected chi connectivity index (χ2v) is 5.34. The molecular weight excluding hydrogens is 304 g/mol. The second-order valence-electron chi connectivity index (χ2n) is 5.34. The van der Waals surface area contributed by atoms with Crippen molar-refractivity contribution in [2.24, 2.45) is 5.73 Å². The van der Waals surface area contributed by atoms with Gasteiger partial charge in [-0.05, 0) is 18.9 Å². The Morgan fingerprint density at radius 3 is 2.41 bits per heavy atom. The molecule has 5 nitrogen and oxygen atoms in total. The van der Waals surface area contributed by atoms with Crippen LogP contribution in [-0.4, -0.2) is 24.5 Å². The molecule has 0 aliphatic carbocycles. The van der Waals surface area contributed by atoms with Crippen LogP contribution in [0.3, 0.4) is 0 Å². The number of benzene rings is 1. The molecule has 1 rings (SSSR count). The highest BCUT2D eigenvalue weighted by Gasteiger charge is 2.35. The molecule has 0 bridgehead atoms. The number of nitrogens with one attached hydrogen (secondary N) is 1. The molecule has 2 unspecified atom stereocenters. The first-order chi connectivity index (χ1) is 9.92. The van der Waals surface area contributed by atoms with Gasteiger partial charge in [0.05, 0.1) is 7.11 Å². The van der Waals surface area contributed by atoms with Gasteiger partial charge in [-0.3, -0.25) is 4.79 Å². The van der Waals surface area contributed by atoms with E-state index in [2.05, 4.69) is 5.32 Å². The Balaban J connectivity index is 0.00000441. The maximum atomic E-state index is 12.1. The van der Waals surface area contributed by atoms with Crippen LogP contribution in [0.25, 0.3) is 0 Å². The first kappa shape index (κ1) is 20.4. The maximum Gasteiger partial charge on any atom is 0.331 e. The lowest BCUT2D eigenvalue weighted by Gasteiger charge is -2.28. The lowest BCUT2D eigenvalue weighted by molar-refractivity contribution is -0.150. The summed E-state index contributed by atoms with van der Waals surface area (Å²) in [7, 11) is 1.32. The lowest BCUT2D eigenvalue weighted by Crippen LogP contribution is -2.53. The number of rotatable bonds is 7. The number of nitrogens with two attached hydrogens (primary N) is 1. The summed E-state index contributed by atoms with van der Waals surface area (Å²) in [6, 6.07) is 9.01. The number of hydrogen-bond acceptors (Lipinski definition) is 4. The van der Waals surface area contributed by atoms with Gasteiger partial charge >= 0.3 is 5.97 Å². The molecule has 0 saturated heterocycles. The summed E-state index contributed by atoms with van der Waals surface area (Å²) in [5.74, 6) is -0.696. The van der Waals surface area contributed by atoms with Crippen molar-refractivity contribution in [2.45, 2.75) is 44.7 Å². The molecule has 0 aromatic heterocycles. The SMILES string of the molecule is CCCC(C)(NC(=O)CC(N)c1ccccc1)C(=O)OC.Cl. The number of carbonyl (C=O) groups excluding carboxylic acids is 2. The molecule has 0 aliphatic heterocycles. The Morgan fingerprint density at radius 2 is 1.91 bits per heavy atom. The van der Waals surface area contributed by atoms with Crippen molar-refractivity contribution >= 4 is 24.3 Å². The fourth-order valence-corrected chi connectivity index (χ4v) is 2.32. The van der Waals surface area contributed by atoms with Gasteiger partial charge in [0, 0.05) is 12.5 Å². The summed E-state index contributed by atoms with van der Waals surface area (Å²) in [5.41, 5.74) is 5.91. The molecule has 0 aliphatic rings. The molecule has 6 heteroatoms. The highest BCUT2D eigenvalue weighted by Crippen LogP contribution is 2.17. The average molecular weight is 329 g/mol. The zero-order valence-corrected chi connectivity index (χ0v) is 14.1. The van der Waals surface area contributed by atoms with Gasteiger partial charge in [0.15, 0.2) is 0 Å². The highest BCUT2D eigenvalue weighted by atomic mass is 35.5. The number of carbonyl (C=O) groups is 2. The van der Waals surface area contributed by atoms with Gasteiger partial charge < -0.3 is 15.8 Å². The fraction of sp³-hybridized carbons (Fsp3) is 0.500. The molecule has 0 heterocycles. The lowest BCUT2D eigenvalue weighted by atomic mass is 9.95. The van der Waals surface area contributed by atoms with Crippen LogP contribution in [0.5, 0.6) is 0 Å². The molecule has 0 fully saturated rings. The average Bonchev–Trinajstić information content (AvgIpc) is 2.47. The number of hydrogen-bond donors (Lipinski definition) is 2. The second kappa shape index (κ2) is 9.43. The minimum Gasteiger partial charge on any atom is -0.467 e. The summed E-state index contributed by atoms with van der Waals surface area (Å²) in [5, 5.41) is 2.75. The number of amides is 1. The third-order valence-corrected chi connectivity index (χ3v) is 3.43. The minimum absolute atomic E-state index is 0. The van der Waals surface area contributed by atoms with Crippen LogP contribution in [0.2, 0.25) is 0 Å². The van der Waals surface area contributed by atoms with Crippen molar-refractivity contribution in [3.63, 3.8) is 0 Å². The first-order valence-corrected chi connectivity index (χ1v) is 7.13. The molecule has 2 atom stereocenters. The van der Waals surface area contributed by atoms with E-state index in [1.54, 1.807) is 6.92 Å². The minimum atomic E-state index is -1.00. The van der Waals surface area contributed by atoms with E-state index < -0.39 is 17.6 Å². The quantitative estimate of drug-likeness (QED) is 0.753. The standard InChI is InChI=1S/C16H24N2O3.ClH/c1-4-10-16(2,15(20)21-3)18-14(19)11-13(17)12-8-6-5-7-9-12;/h5-9,13H,4,10-11,17H2,1-3H3,(H,18,19);1H. The largest absolute Gasteiger partial charge is 0.467 e. The van der Waals surface area contributed by atoms with Crippen molar-refractivity contribution < 1.29 is 14.3 Å². The van der Waals surface area contributed by atoms with Crippen LogP contribution in [0, 0.1) is 0 Å². The van der Waals surface area contributed by atoms with Crippen LogP contribution in [0.15, 0.2) is 30.3 Å². The monoisotopic (exact) mass is 328 g/mol. The van der Waals surface area contributed by atoms with Crippen LogP contribution in [0.4, 0.5) is 0 Å². The van der Waals surface area contributed by atoms with Gasteiger partial charge in [0.2, 0.25) is 5.91 Å². The van der Waals surface area contributed by atoms with Crippen molar-refractivity contribution in [2.75, 3.05) is 7.11 Å². The zero-order chi connectivity index (χ0) is 15.9. The zero-order valence-electron chi connectivity index (χ0n) is 13.3. The Kier molecular flexibility index (Phi) is 8.75. The predicted molar refractivity (Wildman–Crippen MR) is 88.7 cm³/mol. The normalized spacial score (nSPS) is 14.2. The molecule has 1 amide bonds. The van der Waals surface area contributed by atoms with Gasteiger partial charge in [-0.25, -0.2) is 4.79 Å². The van der Waals surface area contributed by atoms with Crippen molar-refractivity contribution in [1.29, 1.82) is 0 Å². The van der Waals surface area contributed by atoms with E-state index in [0.717, 1.165) is 12.0 Å². The molecule has 1 aromatic carbocycles. The Morgan fingerprint density at radius 1 is 1.32 bits per heavy atom. The summed E-state index contributed by atoms with van der Waals surface area (Å²) >= 11 is 0. The van der Waals surface area contributed by atoms with Gasteiger partial charge in [0.25, 0.3) is 0 Å². The van der Waals surface area contributed by atoms with E-state index in [1.807, 2.05) is 37.3 Å². The molecule has 124 valence electrons. The first-order valence-electron chi connectivity index (χ1n) is 7.13. The molecule has 0 spiro atoms. The van der Waals surface area contributed by atoms with E-state index in [4.69, 9.17) is 10.5 Å². The topological polar surface area (TPSA) is 81.4 Å². The van der Waals surface area contributed by atoms with E-state index in [0.29, 0.717) is 6.42 Å². The van der Waals surface area contributed by atoms with Gasteiger partial charge in [-0.2, -0.15) is 0 Å². The summed E-state index contributed by atoms with van der Waals surface area (Å²) in [6.45, 7) is 3.62. The summed E-state index contributed by atoms with van der Waals surface area (Å²) in [6.07, 6.45) is 1.41. The van der Waals surface area contributed by atoms with Crippen LogP contribution in [0.1, 0.15) is 44.7 Å². The number of halogens is 1. The fourth-order valence-electron chi connectivity index (χ4n) is 2.32. The van der Waals surface area contributed by atoms with Gasteiger partial charge in [0.1, 0.15) is 5.54 Å². The molecule has 0 radical (unpaired) electrons. The number of methoxy groups -OCH3 is 1. The van der Waals surface area contributed by atoms with Gasteiger partial charge in [-0.1, -0.05) is 43.7 Å². The third kappa shape index (κ3) is 5.66. The maximum absolute atomic E-state index is 12.1. The van der Waals surface area contributed by atoms with Crippen molar-refractivity contribution in [3.8, 4) is 0 Å². The number of esters is 1. The summed E-state index contributed by atoms with van der Waals surface area (Å²) in [4.78, 5) is 24.0. The van der Waals surface area contributed by atoms with Crippen LogP contribution in [-0.2, 0) is 14.3 Å². The van der Waals surface area contributed by atoms with E-state index in [9.17, 15) is 9.59 Å².